The number of carbonyl (C=O) groups excluding carboxylic acids is 1. The number of hydrogen-bond donors (Lipinski definition) is 0. The van der Waals surface area contributed by atoms with Gasteiger partial charge in [-0.05, 0) is 25.1 Å². The number of hydrogen-bond acceptors (Lipinski definition) is 4. The Kier molecular flexibility index (Phi) is 2.59. The third-order valence-electron chi connectivity index (χ3n) is 2.11. The second kappa shape index (κ2) is 4.06. The first-order valence-electron chi connectivity index (χ1n) is 4.73. The van der Waals surface area contributed by atoms with Crippen LogP contribution in [0, 0.1) is 0 Å². The summed E-state index contributed by atoms with van der Waals surface area (Å²) in [5, 5.41) is 7.74. The molecule has 0 spiro atoms. The van der Waals surface area contributed by atoms with Crippen LogP contribution in [0.15, 0.2) is 31.1 Å². The molecule has 0 fully saturated rings. The van der Waals surface area contributed by atoms with E-state index in [-0.39, 0.29) is 5.78 Å². The van der Waals surface area contributed by atoms with Crippen LogP contribution in [0.3, 0.4) is 0 Å². The van der Waals surface area contributed by atoms with Crippen LogP contribution >= 0.6 is 0 Å². The third kappa shape index (κ3) is 1.88. The van der Waals surface area contributed by atoms with Crippen LogP contribution in [0.25, 0.3) is 11.9 Å². The van der Waals surface area contributed by atoms with Gasteiger partial charge in [-0.3, -0.25) is 4.79 Å². The minimum atomic E-state index is -0.00980. The Hall–Kier alpha value is -2.30. The quantitative estimate of drug-likeness (QED) is 0.726. The maximum absolute atomic E-state index is 11.1. The van der Waals surface area contributed by atoms with E-state index in [2.05, 4.69) is 21.9 Å². The first kappa shape index (κ1) is 10.2. The van der Waals surface area contributed by atoms with Gasteiger partial charge in [0.25, 0.3) is 0 Å². The van der Waals surface area contributed by atoms with Crippen molar-refractivity contribution in [3.8, 4) is 5.82 Å². The number of aromatic nitrogens is 4. The van der Waals surface area contributed by atoms with Crippen molar-refractivity contribution in [3.05, 3.63) is 42.4 Å². The van der Waals surface area contributed by atoms with Gasteiger partial charge in [-0.15, -0.1) is 5.10 Å². The van der Waals surface area contributed by atoms with Crippen molar-refractivity contribution >= 4 is 11.9 Å². The van der Waals surface area contributed by atoms with Gasteiger partial charge in [0.1, 0.15) is 5.69 Å². The van der Waals surface area contributed by atoms with Crippen LogP contribution in [-0.4, -0.2) is 25.8 Å². The van der Waals surface area contributed by atoms with Crippen molar-refractivity contribution in [1.29, 1.82) is 0 Å². The first-order valence-corrected chi connectivity index (χ1v) is 4.73. The highest BCUT2D eigenvalue weighted by atomic mass is 16.1. The third-order valence-corrected chi connectivity index (χ3v) is 2.11. The molecule has 0 N–H and O–H groups in total. The Balaban J connectivity index is 2.34. The molecule has 0 aromatic carbocycles. The Labute approximate surface area is 92.4 Å². The van der Waals surface area contributed by atoms with Crippen molar-refractivity contribution in [2.24, 2.45) is 0 Å². The van der Waals surface area contributed by atoms with Gasteiger partial charge in [0, 0.05) is 11.8 Å². The normalized spacial score (nSPS) is 10.1. The summed E-state index contributed by atoms with van der Waals surface area (Å²) in [6.07, 6.45) is 4.84. The second-order valence-electron chi connectivity index (χ2n) is 3.25. The Morgan fingerprint density at radius 3 is 2.81 bits per heavy atom. The highest BCUT2D eigenvalue weighted by Gasteiger charge is 2.03. The number of nitrogens with zero attached hydrogens (tertiary/aromatic N) is 4. The van der Waals surface area contributed by atoms with Gasteiger partial charge in [-0.2, -0.15) is 0 Å². The largest absolute Gasteiger partial charge is 0.294 e. The van der Waals surface area contributed by atoms with E-state index in [9.17, 15) is 4.79 Å². The van der Waals surface area contributed by atoms with Gasteiger partial charge in [0.15, 0.2) is 11.6 Å². The SMILES string of the molecule is C=Cc1cn(-c2ccc(C(C)=O)cn2)nn1. The predicted molar refractivity (Wildman–Crippen MR) is 59.2 cm³/mol. The van der Waals surface area contributed by atoms with Gasteiger partial charge >= 0.3 is 0 Å². The molecule has 80 valence electrons. The molecule has 0 saturated carbocycles. The highest BCUT2D eigenvalue weighted by Crippen LogP contribution is 2.06. The lowest BCUT2D eigenvalue weighted by Gasteiger charge is -1.99. The summed E-state index contributed by atoms with van der Waals surface area (Å²) in [6, 6.07) is 3.43. The van der Waals surface area contributed by atoms with E-state index >= 15 is 0 Å². The molecular formula is C11H10N4O. The lowest BCUT2D eigenvalue weighted by Crippen LogP contribution is -2.00. The predicted octanol–water partition coefficient (Wildman–Crippen LogP) is 1.51. The fraction of sp³-hybridized carbons (Fsp3) is 0.0909. The molecular weight excluding hydrogens is 204 g/mol. The van der Waals surface area contributed by atoms with Gasteiger partial charge in [-0.25, -0.2) is 9.67 Å². The van der Waals surface area contributed by atoms with E-state index in [0.717, 1.165) is 0 Å². The zero-order chi connectivity index (χ0) is 11.5. The number of rotatable bonds is 3. The van der Waals surface area contributed by atoms with Gasteiger partial charge in [0.2, 0.25) is 0 Å². The standard InChI is InChI=1S/C11H10N4O/c1-3-10-7-15(14-13-10)11-5-4-9(6-12-11)8(2)16/h3-7H,1H2,2H3. The Bertz CT molecular complexity index is 527. The number of Topliss-reactive ketones (excluding diaryl/α,β-unsaturated/α-hetero) is 1. The molecule has 0 aliphatic carbocycles. The van der Waals surface area contributed by atoms with Crippen LogP contribution in [0.1, 0.15) is 23.0 Å². The molecule has 2 heterocycles. The molecule has 2 aromatic rings. The summed E-state index contributed by atoms with van der Waals surface area (Å²) >= 11 is 0. The van der Waals surface area contributed by atoms with Gasteiger partial charge in [-0.1, -0.05) is 11.8 Å². The first-order chi connectivity index (χ1) is 7.70. The molecule has 0 saturated heterocycles. The van der Waals surface area contributed by atoms with Crippen LogP contribution in [0.2, 0.25) is 0 Å². The van der Waals surface area contributed by atoms with E-state index in [1.165, 1.54) is 17.8 Å². The van der Waals surface area contributed by atoms with Crippen LogP contribution in [-0.2, 0) is 0 Å². The monoisotopic (exact) mass is 214 g/mol. The fourth-order valence-electron chi connectivity index (χ4n) is 1.21. The van der Waals surface area contributed by atoms with Gasteiger partial charge in [0.05, 0.1) is 6.20 Å². The fourth-order valence-corrected chi connectivity index (χ4v) is 1.21. The molecule has 0 bridgehead atoms. The summed E-state index contributed by atoms with van der Waals surface area (Å²) in [7, 11) is 0. The molecule has 0 aliphatic rings. The topological polar surface area (TPSA) is 60.7 Å². The molecule has 5 heteroatoms. The summed E-state index contributed by atoms with van der Waals surface area (Å²) < 4.78 is 1.53. The summed E-state index contributed by atoms with van der Waals surface area (Å²) in [6.45, 7) is 5.10. The molecule has 0 radical (unpaired) electrons. The molecule has 5 nitrogen and oxygen atoms in total. The zero-order valence-electron chi connectivity index (χ0n) is 8.79. The van der Waals surface area contributed by atoms with Crippen molar-refractivity contribution in [1.82, 2.24) is 20.0 Å². The molecule has 16 heavy (non-hydrogen) atoms. The second-order valence-corrected chi connectivity index (χ2v) is 3.25. The summed E-state index contributed by atoms with van der Waals surface area (Å²) in [5.74, 6) is 0.607. The zero-order valence-corrected chi connectivity index (χ0v) is 8.79. The lowest BCUT2D eigenvalue weighted by atomic mass is 10.2. The van der Waals surface area contributed by atoms with E-state index in [4.69, 9.17) is 0 Å². The Morgan fingerprint density at radius 1 is 1.50 bits per heavy atom. The maximum Gasteiger partial charge on any atom is 0.161 e. The molecule has 2 rings (SSSR count). The summed E-state index contributed by atoms with van der Waals surface area (Å²) in [5.41, 5.74) is 1.25. The molecule has 0 aliphatic heterocycles. The molecule has 2 aromatic heterocycles. The van der Waals surface area contributed by atoms with Crippen molar-refractivity contribution in [2.45, 2.75) is 6.92 Å². The smallest absolute Gasteiger partial charge is 0.161 e. The van der Waals surface area contributed by atoms with Gasteiger partial charge < -0.3 is 0 Å². The number of carbonyl (C=O) groups is 1. The molecule has 0 amide bonds. The number of ketones is 1. The average molecular weight is 214 g/mol. The maximum atomic E-state index is 11.1. The van der Waals surface area contributed by atoms with Crippen LogP contribution < -0.4 is 0 Å². The minimum Gasteiger partial charge on any atom is -0.294 e. The molecule has 0 atom stereocenters. The van der Waals surface area contributed by atoms with E-state index in [1.54, 1.807) is 24.4 Å². The highest BCUT2D eigenvalue weighted by molar-refractivity contribution is 5.93. The average Bonchev–Trinajstić information content (AvgIpc) is 2.77. The van der Waals surface area contributed by atoms with Crippen molar-refractivity contribution in [3.63, 3.8) is 0 Å². The van der Waals surface area contributed by atoms with E-state index < -0.39 is 0 Å². The van der Waals surface area contributed by atoms with Crippen LogP contribution in [0.5, 0.6) is 0 Å². The summed E-state index contributed by atoms with van der Waals surface area (Å²) in [4.78, 5) is 15.2. The molecule has 0 unspecified atom stereocenters. The van der Waals surface area contributed by atoms with Crippen LogP contribution in [0.4, 0.5) is 0 Å². The van der Waals surface area contributed by atoms with Crippen molar-refractivity contribution < 1.29 is 4.79 Å². The van der Waals surface area contributed by atoms with E-state index in [0.29, 0.717) is 17.1 Å². The lowest BCUT2D eigenvalue weighted by molar-refractivity contribution is 0.101. The van der Waals surface area contributed by atoms with Crippen molar-refractivity contribution in [2.75, 3.05) is 0 Å². The number of pyridine rings is 1. The Morgan fingerprint density at radius 2 is 2.31 bits per heavy atom. The minimum absolute atomic E-state index is 0.00980. The van der Waals surface area contributed by atoms with E-state index in [1.807, 2.05) is 0 Å².